The van der Waals surface area contributed by atoms with E-state index in [-0.39, 0.29) is 6.61 Å². The lowest BCUT2D eigenvalue weighted by atomic mass is 9.95. The van der Waals surface area contributed by atoms with E-state index in [2.05, 4.69) is 39.1 Å². The van der Waals surface area contributed by atoms with E-state index >= 15 is 0 Å². The molecule has 0 spiro atoms. The molecule has 1 aliphatic heterocycles. The van der Waals surface area contributed by atoms with Crippen molar-refractivity contribution in [1.82, 2.24) is 5.32 Å². The number of aliphatic hydroxyl groups is 6. The van der Waals surface area contributed by atoms with Crippen molar-refractivity contribution in [1.29, 1.82) is 0 Å². The van der Waals surface area contributed by atoms with Crippen molar-refractivity contribution in [2.24, 2.45) is 5.92 Å². The van der Waals surface area contributed by atoms with Crippen LogP contribution in [-0.2, 0) is 14.3 Å². The summed E-state index contributed by atoms with van der Waals surface area (Å²) in [6.45, 7) is 7.81. The van der Waals surface area contributed by atoms with Gasteiger partial charge in [0.15, 0.2) is 12.4 Å². The summed E-state index contributed by atoms with van der Waals surface area (Å²) in [5.41, 5.74) is 1.40. The highest BCUT2D eigenvalue weighted by molar-refractivity contribution is 5.82. The molecule has 10 nitrogen and oxygen atoms in total. The molecular weight excluding hydrogens is 650 g/mol. The molecule has 10 heteroatoms. The van der Waals surface area contributed by atoms with E-state index in [0.29, 0.717) is 5.92 Å². The Morgan fingerprint density at radius 2 is 1.39 bits per heavy atom. The van der Waals surface area contributed by atoms with Gasteiger partial charge in [0.05, 0.1) is 25.4 Å². The maximum atomic E-state index is 13.0. The van der Waals surface area contributed by atoms with Crippen molar-refractivity contribution >= 4 is 5.91 Å². The Labute approximate surface area is 309 Å². The number of unbranched alkanes of at least 4 members (excludes halogenated alkanes) is 13. The van der Waals surface area contributed by atoms with Gasteiger partial charge < -0.3 is 45.4 Å². The van der Waals surface area contributed by atoms with Crippen LogP contribution in [0.1, 0.15) is 150 Å². The predicted octanol–water partition coefficient (Wildman–Crippen LogP) is 6.16. The molecule has 1 rings (SSSR count). The van der Waals surface area contributed by atoms with Crippen molar-refractivity contribution in [2.45, 2.75) is 199 Å². The second kappa shape index (κ2) is 29.8. The van der Waals surface area contributed by atoms with Crippen LogP contribution >= 0.6 is 0 Å². The van der Waals surface area contributed by atoms with Gasteiger partial charge in [-0.15, -0.1) is 0 Å². The highest BCUT2D eigenvalue weighted by Gasteiger charge is 2.44. The minimum absolute atomic E-state index is 0.341. The highest BCUT2D eigenvalue weighted by atomic mass is 16.7. The number of hydrogen-bond acceptors (Lipinski definition) is 9. The van der Waals surface area contributed by atoms with E-state index in [0.717, 1.165) is 44.9 Å². The van der Waals surface area contributed by atoms with Crippen LogP contribution in [0.4, 0.5) is 0 Å². The topological polar surface area (TPSA) is 169 Å². The molecular formula is C41H75NO9. The first-order valence-electron chi connectivity index (χ1n) is 20.2. The maximum Gasteiger partial charge on any atom is 0.253 e. The molecule has 1 fully saturated rings. The molecule has 0 aromatic rings. The SMILES string of the molecule is CCCCCCCCCCCCC=CC(O)C(=O)NC(COC1OC(CO)C(O)C(O)C1O)C(O)C=CCC(CC)CC=C(C)CCCCCC. The predicted molar refractivity (Wildman–Crippen MR) is 204 cm³/mol. The molecule has 298 valence electrons. The molecule has 9 atom stereocenters. The Hall–Kier alpha value is -1.63. The Bertz CT molecular complexity index is 955. The second-order valence-electron chi connectivity index (χ2n) is 14.5. The van der Waals surface area contributed by atoms with Gasteiger partial charge in [0.2, 0.25) is 0 Å². The quantitative estimate of drug-likeness (QED) is 0.0339. The van der Waals surface area contributed by atoms with E-state index in [1.165, 1.54) is 88.7 Å². The molecule has 1 aliphatic rings. The Balaban J connectivity index is 2.75. The summed E-state index contributed by atoms with van der Waals surface area (Å²) in [5.74, 6) is -0.324. The van der Waals surface area contributed by atoms with Crippen LogP contribution in [0.2, 0.25) is 0 Å². The number of aliphatic hydroxyl groups excluding tert-OH is 6. The molecule has 1 saturated heterocycles. The van der Waals surface area contributed by atoms with Gasteiger partial charge in [-0.3, -0.25) is 4.79 Å². The average Bonchev–Trinajstić information content (AvgIpc) is 3.13. The summed E-state index contributed by atoms with van der Waals surface area (Å²) in [6.07, 6.45) is 20.8. The van der Waals surface area contributed by atoms with Crippen LogP contribution in [0, 0.1) is 5.92 Å². The molecule has 9 unspecified atom stereocenters. The zero-order valence-corrected chi connectivity index (χ0v) is 32.3. The number of hydrogen-bond donors (Lipinski definition) is 7. The van der Waals surface area contributed by atoms with E-state index in [9.17, 15) is 35.4 Å². The van der Waals surface area contributed by atoms with Gasteiger partial charge in [-0.1, -0.05) is 140 Å². The van der Waals surface area contributed by atoms with E-state index in [4.69, 9.17) is 9.47 Å². The van der Waals surface area contributed by atoms with Crippen molar-refractivity contribution in [3.05, 3.63) is 36.0 Å². The molecule has 0 bridgehead atoms. The minimum Gasteiger partial charge on any atom is -0.394 e. The molecule has 0 aromatic carbocycles. The summed E-state index contributed by atoms with van der Waals surface area (Å²) >= 11 is 0. The van der Waals surface area contributed by atoms with Gasteiger partial charge in [-0.2, -0.15) is 0 Å². The monoisotopic (exact) mass is 726 g/mol. The molecule has 0 saturated carbocycles. The average molecular weight is 726 g/mol. The molecule has 7 N–H and O–H groups in total. The number of carbonyl (C=O) groups is 1. The third kappa shape index (κ3) is 21.0. The smallest absolute Gasteiger partial charge is 0.253 e. The Kier molecular flexibility index (Phi) is 27.7. The lowest BCUT2D eigenvalue weighted by Crippen LogP contribution is -2.60. The van der Waals surface area contributed by atoms with E-state index in [1.807, 2.05) is 6.08 Å². The number of carbonyl (C=O) groups excluding carboxylic acids is 1. The molecule has 0 aliphatic carbocycles. The summed E-state index contributed by atoms with van der Waals surface area (Å²) < 4.78 is 11.1. The molecule has 1 amide bonds. The van der Waals surface area contributed by atoms with Crippen LogP contribution in [0.15, 0.2) is 36.0 Å². The fourth-order valence-corrected chi connectivity index (χ4v) is 6.23. The largest absolute Gasteiger partial charge is 0.394 e. The van der Waals surface area contributed by atoms with Gasteiger partial charge in [0.25, 0.3) is 5.91 Å². The third-order valence-electron chi connectivity index (χ3n) is 9.94. The first-order chi connectivity index (χ1) is 24.6. The summed E-state index contributed by atoms with van der Waals surface area (Å²) in [7, 11) is 0. The van der Waals surface area contributed by atoms with Crippen LogP contribution in [-0.4, -0.2) is 98.7 Å². The summed E-state index contributed by atoms with van der Waals surface area (Å²) in [4.78, 5) is 13.0. The maximum absolute atomic E-state index is 13.0. The van der Waals surface area contributed by atoms with Crippen molar-refractivity contribution in [3.63, 3.8) is 0 Å². The van der Waals surface area contributed by atoms with Gasteiger partial charge in [-0.05, 0) is 51.4 Å². The fraction of sp³-hybridized carbons (Fsp3) is 0.829. The first kappa shape index (κ1) is 47.4. The van der Waals surface area contributed by atoms with Crippen LogP contribution < -0.4 is 5.32 Å². The number of ether oxygens (including phenoxy) is 2. The lowest BCUT2D eigenvalue weighted by molar-refractivity contribution is -0.302. The molecule has 0 radical (unpaired) electrons. The summed E-state index contributed by atoms with van der Waals surface area (Å²) in [6, 6.07) is -1.03. The van der Waals surface area contributed by atoms with E-state index in [1.54, 1.807) is 12.2 Å². The second-order valence-corrected chi connectivity index (χ2v) is 14.5. The number of allylic oxidation sites excluding steroid dienone is 4. The van der Waals surface area contributed by atoms with Gasteiger partial charge in [0.1, 0.15) is 24.4 Å². The number of rotatable bonds is 30. The van der Waals surface area contributed by atoms with Crippen molar-refractivity contribution < 1.29 is 44.9 Å². The third-order valence-corrected chi connectivity index (χ3v) is 9.94. The molecule has 1 heterocycles. The van der Waals surface area contributed by atoms with Gasteiger partial charge in [-0.25, -0.2) is 0 Å². The Morgan fingerprint density at radius 3 is 2.00 bits per heavy atom. The van der Waals surface area contributed by atoms with Crippen LogP contribution in [0.3, 0.4) is 0 Å². The zero-order valence-electron chi connectivity index (χ0n) is 32.3. The van der Waals surface area contributed by atoms with Gasteiger partial charge in [0, 0.05) is 0 Å². The van der Waals surface area contributed by atoms with Crippen molar-refractivity contribution in [2.75, 3.05) is 13.2 Å². The zero-order chi connectivity index (χ0) is 37.9. The highest BCUT2D eigenvalue weighted by Crippen LogP contribution is 2.23. The standard InChI is InChI=1S/C41H75NO9/c1-5-8-10-12-13-14-15-16-17-18-19-21-25-35(45)40(49)42-33(30-50-41-39(48)38(47)37(46)36(29-43)51-41)34(44)26-22-24-32(7-3)28-27-31(4)23-20-11-9-6-2/h21-22,25-27,32-39,41,43-48H,5-20,23-24,28-30H2,1-4H3,(H,42,49). The fourth-order valence-electron chi connectivity index (χ4n) is 6.23. The first-order valence-corrected chi connectivity index (χ1v) is 20.2. The molecule has 0 aromatic heterocycles. The van der Waals surface area contributed by atoms with Crippen LogP contribution in [0.25, 0.3) is 0 Å². The van der Waals surface area contributed by atoms with Crippen molar-refractivity contribution in [3.8, 4) is 0 Å². The Morgan fingerprint density at radius 1 is 0.784 bits per heavy atom. The van der Waals surface area contributed by atoms with E-state index < -0.39 is 61.5 Å². The van der Waals surface area contributed by atoms with Gasteiger partial charge >= 0.3 is 0 Å². The van der Waals surface area contributed by atoms with Crippen LogP contribution in [0.5, 0.6) is 0 Å². The normalized spacial score (nSPS) is 23.9. The summed E-state index contributed by atoms with van der Waals surface area (Å²) in [5, 5.41) is 64.6. The number of nitrogens with one attached hydrogen (secondary N) is 1. The number of amides is 1. The minimum atomic E-state index is -1.63. The lowest BCUT2D eigenvalue weighted by Gasteiger charge is -2.40. The molecule has 51 heavy (non-hydrogen) atoms.